The molecule has 1 aliphatic carbocycles. The molecule has 0 amide bonds. The minimum Gasteiger partial charge on any atom is -0.508 e. The SMILES string of the molecule is Cc1cc(C=NCc2nnc3c(n2)Cc2c(C)cccc2-3)ccc1O. The molecule has 1 N–H and O–H groups in total. The first-order chi connectivity index (χ1) is 12.1. The van der Waals surface area contributed by atoms with Crippen molar-refractivity contribution in [2.75, 3.05) is 0 Å². The van der Waals surface area contributed by atoms with Crippen LogP contribution in [-0.4, -0.2) is 26.5 Å². The highest BCUT2D eigenvalue weighted by molar-refractivity contribution is 5.80. The number of aliphatic imine (C=N–C) groups is 1. The average Bonchev–Trinajstić information content (AvgIpc) is 2.97. The van der Waals surface area contributed by atoms with Crippen LogP contribution in [0.5, 0.6) is 5.75 Å². The summed E-state index contributed by atoms with van der Waals surface area (Å²) in [7, 11) is 0. The Kier molecular flexibility index (Phi) is 3.76. The van der Waals surface area contributed by atoms with Gasteiger partial charge < -0.3 is 5.11 Å². The van der Waals surface area contributed by atoms with E-state index in [1.165, 1.54) is 11.1 Å². The minimum atomic E-state index is 0.290. The molecule has 0 unspecified atom stereocenters. The molecule has 0 fully saturated rings. The van der Waals surface area contributed by atoms with Crippen molar-refractivity contribution < 1.29 is 5.11 Å². The van der Waals surface area contributed by atoms with Gasteiger partial charge in [0, 0.05) is 18.2 Å². The van der Waals surface area contributed by atoms with Crippen LogP contribution >= 0.6 is 0 Å². The quantitative estimate of drug-likeness (QED) is 0.585. The summed E-state index contributed by atoms with van der Waals surface area (Å²) in [6.07, 6.45) is 2.57. The van der Waals surface area contributed by atoms with Crippen LogP contribution in [-0.2, 0) is 13.0 Å². The number of nitrogens with zero attached hydrogens (tertiary/aromatic N) is 4. The number of hydrogen-bond acceptors (Lipinski definition) is 5. The zero-order valence-electron chi connectivity index (χ0n) is 14.2. The molecule has 1 aliphatic rings. The van der Waals surface area contributed by atoms with Crippen LogP contribution in [0.25, 0.3) is 11.3 Å². The zero-order valence-corrected chi connectivity index (χ0v) is 14.2. The summed E-state index contributed by atoms with van der Waals surface area (Å²) in [6.45, 7) is 4.36. The Morgan fingerprint density at radius 1 is 1.12 bits per heavy atom. The predicted molar refractivity (Wildman–Crippen MR) is 96.9 cm³/mol. The van der Waals surface area contributed by atoms with Crippen LogP contribution in [0.2, 0.25) is 0 Å². The van der Waals surface area contributed by atoms with E-state index in [2.05, 4.69) is 39.2 Å². The average molecular weight is 330 g/mol. The van der Waals surface area contributed by atoms with Gasteiger partial charge in [0.2, 0.25) is 0 Å². The summed E-state index contributed by atoms with van der Waals surface area (Å²) in [6, 6.07) is 11.6. The second kappa shape index (κ2) is 6.09. The van der Waals surface area contributed by atoms with Gasteiger partial charge in [-0.1, -0.05) is 18.2 Å². The first-order valence-electron chi connectivity index (χ1n) is 8.22. The van der Waals surface area contributed by atoms with E-state index in [1.807, 2.05) is 25.1 Å². The summed E-state index contributed by atoms with van der Waals surface area (Å²) < 4.78 is 0. The lowest BCUT2D eigenvalue weighted by Crippen LogP contribution is -2.01. The number of rotatable bonds is 3. The fourth-order valence-corrected chi connectivity index (χ4v) is 3.11. The molecule has 1 aromatic heterocycles. The third kappa shape index (κ3) is 2.89. The normalized spacial score (nSPS) is 12.4. The third-order valence-corrected chi connectivity index (χ3v) is 4.51. The molecule has 5 nitrogen and oxygen atoms in total. The molecule has 0 saturated carbocycles. The lowest BCUT2D eigenvalue weighted by atomic mass is 10.0. The fraction of sp³-hybridized carbons (Fsp3) is 0.200. The maximum Gasteiger partial charge on any atom is 0.172 e. The first-order valence-corrected chi connectivity index (χ1v) is 8.22. The Bertz CT molecular complexity index is 995. The van der Waals surface area contributed by atoms with Gasteiger partial charge >= 0.3 is 0 Å². The molecule has 0 bridgehead atoms. The van der Waals surface area contributed by atoms with Crippen molar-refractivity contribution in [1.29, 1.82) is 0 Å². The Morgan fingerprint density at radius 3 is 2.84 bits per heavy atom. The molecule has 0 spiro atoms. The van der Waals surface area contributed by atoms with Gasteiger partial charge in [0.05, 0.1) is 5.69 Å². The molecule has 4 rings (SSSR count). The smallest absolute Gasteiger partial charge is 0.172 e. The van der Waals surface area contributed by atoms with E-state index >= 15 is 0 Å². The summed E-state index contributed by atoms with van der Waals surface area (Å²) in [5, 5.41) is 18.2. The number of fused-ring (bicyclic) bond motifs is 3. The second-order valence-electron chi connectivity index (χ2n) is 6.32. The maximum absolute atomic E-state index is 9.56. The van der Waals surface area contributed by atoms with Gasteiger partial charge in [0.1, 0.15) is 18.0 Å². The summed E-state index contributed by atoms with van der Waals surface area (Å²) >= 11 is 0. The van der Waals surface area contributed by atoms with Crippen LogP contribution in [0, 0.1) is 13.8 Å². The lowest BCUT2D eigenvalue weighted by molar-refractivity contribution is 0.471. The van der Waals surface area contributed by atoms with Gasteiger partial charge in [0.25, 0.3) is 0 Å². The van der Waals surface area contributed by atoms with Crippen molar-refractivity contribution >= 4 is 6.21 Å². The molecule has 0 aliphatic heterocycles. The van der Waals surface area contributed by atoms with E-state index in [1.54, 1.807) is 12.3 Å². The molecule has 2 aromatic carbocycles. The van der Waals surface area contributed by atoms with Gasteiger partial charge in [-0.2, -0.15) is 0 Å². The van der Waals surface area contributed by atoms with E-state index in [0.29, 0.717) is 12.4 Å². The zero-order chi connectivity index (χ0) is 17.4. The fourth-order valence-electron chi connectivity index (χ4n) is 3.11. The van der Waals surface area contributed by atoms with Gasteiger partial charge in [-0.15, -0.1) is 10.2 Å². The summed E-state index contributed by atoms with van der Waals surface area (Å²) in [5.74, 6) is 0.911. The molecular weight excluding hydrogens is 312 g/mol. The third-order valence-electron chi connectivity index (χ3n) is 4.51. The molecule has 25 heavy (non-hydrogen) atoms. The number of aryl methyl sites for hydroxylation is 2. The van der Waals surface area contributed by atoms with E-state index in [9.17, 15) is 5.11 Å². The van der Waals surface area contributed by atoms with Crippen LogP contribution in [0.3, 0.4) is 0 Å². The molecule has 0 saturated heterocycles. The van der Waals surface area contributed by atoms with Crippen LogP contribution in [0.4, 0.5) is 0 Å². The van der Waals surface area contributed by atoms with Crippen LogP contribution in [0.15, 0.2) is 41.4 Å². The summed E-state index contributed by atoms with van der Waals surface area (Å²) in [4.78, 5) is 9.05. The van der Waals surface area contributed by atoms with Crippen LogP contribution in [0.1, 0.15) is 33.8 Å². The first kappa shape index (κ1) is 15.4. The number of aromatic nitrogens is 3. The number of aromatic hydroxyl groups is 1. The molecular formula is C20H18N4O. The highest BCUT2D eigenvalue weighted by atomic mass is 16.3. The van der Waals surface area contributed by atoms with Crippen molar-refractivity contribution in [2.45, 2.75) is 26.8 Å². The van der Waals surface area contributed by atoms with Gasteiger partial charge in [-0.05, 0) is 54.3 Å². The van der Waals surface area contributed by atoms with E-state index < -0.39 is 0 Å². The number of hydrogen-bond donors (Lipinski definition) is 1. The van der Waals surface area contributed by atoms with Crippen LogP contribution < -0.4 is 0 Å². The molecule has 124 valence electrons. The van der Waals surface area contributed by atoms with Crippen molar-refractivity contribution in [2.24, 2.45) is 4.99 Å². The van der Waals surface area contributed by atoms with Gasteiger partial charge in [-0.25, -0.2) is 4.98 Å². The highest BCUT2D eigenvalue weighted by Crippen LogP contribution is 2.35. The minimum absolute atomic E-state index is 0.290. The van der Waals surface area contributed by atoms with E-state index in [-0.39, 0.29) is 5.75 Å². The number of phenols is 1. The molecule has 0 atom stereocenters. The van der Waals surface area contributed by atoms with E-state index in [4.69, 9.17) is 0 Å². The molecule has 1 heterocycles. The molecule has 0 radical (unpaired) electrons. The molecule has 5 heteroatoms. The Balaban J connectivity index is 1.53. The number of benzene rings is 2. The summed E-state index contributed by atoms with van der Waals surface area (Å²) in [5.41, 5.74) is 7.33. The Morgan fingerprint density at radius 2 is 2.00 bits per heavy atom. The topological polar surface area (TPSA) is 71.3 Å². The van der Waals surface area contributed by atoms with Gasteiger partial charge in [-0.3, -0.25) is 4.99 Å². The lowest BCUT2D eigenvalue weighted by Gasteiger charge is -2.01. The number of phenolic OH excluding ortho intramolecular Hbond substituents is 1. The largest absolute Gasteiger partial charge is 0.508 e. The maximum atomic E-state index is 9.56. The van der Waals surface area contributed by atoms with Crippen molar-refractivity contribution in [1.82, 2.24) is 15.2 Å². The monoisotopic (exact) mass is 330 g/mol. The van der Waals surface area contributed by atoms with E-state index in [0.717, 1.165) is 34.5 Å². The second-order valence-corrected chi connectivity index (χ2v) is 6.32. The van der Waals surface area contributed by atoms with Crippen molar-refractivity contribution in [3.8, 4) is 17.0 Å². The molecule has 3 aromatic rings. The highest BCUT2D eigenvalue weighted by Gasteiger charge is 2.23. The van der Waals surface area contributed by atoms with Crippen molar-refractivity contribution in [3.63, 3.8) is 0 Å². The Labute approximate surface area is 146 Å². The Hall–Kier alpha value is -3.08. The van der Waals surface area contributed by atoms with Crippen molar-refractivity contribution in [3.05, 3.63) is 70.2 Å². The standard InChI is InChI=1S/C20H18N4O/c1-12-4-3-5-15-16(12)9-17-20(15)24-23-19(22-17)11-21-10-14-6-7-18(25)13(2)8-14/h3-8,10,25H,9,11H2,1-2H3. The predicted octanol–water partition coefficient (Wildman–Crippen LogP) is 3.38. The van der Waals surface area contributed by atoms with Gasteiger partial charge in [0.15, 0.2) is 5.82 Å².